The predicted molar refractivity (Wildman–Crippen MR) is 83.4 cm³/mol. The monoisotopic (exact) mass is 322 g/mol. The van der Waals surface area contributed by atoms with Crippen molar-refractivity contribution in [1.29, 1.82) is 0 Å². The van der Waals surface area contributed by atoms with Crippen molar-refractivity contribution in [1.82, 2.24) is 0 Å². The Morgan fingerprint density at radius 2 is 1.78 bits per heavy atom. The summed E-state index contributed by atoms with van der Waals surface area (Å²) in [5, 5.41) is 0. The van der Waals surface area contributed by atoms with Gasteiger partial charge in [-0.2, -0.15) is 0 Å². The van der Waals surface area contributed by atoms with Gasteiger partial charge in [0.25, 0.3) is 0 Å². The zero-order valence-electron chi connectivity index (χ0n) is 13.3. The van der Waals surface area contributed by atoms with Crippen molar-refractivity contribution in [3.05, 3.63) is 29.8 Å². The van der Waals surface area contributed by atoms with Crippen LogP contribution in [0.1, 0.15) is 43.0 Å². The maximum absolute atomic E-state index is 11.6. The maximum atomic E-state index is 11.6. The number of para-hydroxylation sites is 1. The van der Waals surface area contributed by atoms with Crippen molar-refractivity contribution < 1.29 is 28.6 Å². The van der Waals surface area contributed by atoms with Gasteiger partial charge in [0.1, 0.15) is 19.0 Å². The van der Waals surface area contributed by atoms with Gasteiger partial charge in [0.15, 0.2) is 6.29 Å². The van der Waals surface area contributed by atoms with E-state index in [1.54, 1.807) is 12.1 Å². The van der Waals surface area contributed by atoms with Crippen LogP contribution < -0.4 is 4.74 Å². The molecule has 0 fully saturated rings. The fourth-order valence-electron chi connectivity index (χ4n) is 1.80. The average molecular weight is 322 g/mol. The third kappa shape index (κ3) is 8.11. The lowest BCUT2D eigenvalue weighted by molar-refractivity contribution is -0.152. The molecule has 0 heterocycles. The number of hydrogen-bond acceptors (Lipinski definition) is 6. The number of unbranched alkanes of at least 4 members (excludes halogenated alkanes) is 3. The maximum Gasteiger partial charge on any atom is 0.337 e. The zero-order valence-corrected chi connectivity index (χ0v) is 13.3. The Labute approximate surface area is 135 Å². The van der Waals surface area contributed by atoms with Crippen LogP contribution in [0, 0.1) is 0 Å². The minimum Gasteiger partial charge on any atom is -0.464 e. The van der Waals surface area contributed by atoms with E-state index in [0.717, 1.165) is 25.7 Å². The molecule has 1 aromatic carbocycles. The molecule has 0 atom stereocenters. The topological polar surface area (TPSA) is 78.9 Å². The fraction of sp³-hybridized carbons (Fsp3) is 0.471. The molecule has 0 radical (unpaired) electrons. The molecular formula is C17H22O6. The Kier molecular flexibility index (Phi) is 9.31. The van der Waals surface area contributed by atoms with E-state index in [1.165, 1.54) is 12.1 Å². The van der Waals surface area contributed by atoms with E-state index >= 15 is 0 Å². The first-order valence-electron chi connectivity index (χ1n) is 7.65. The van der Waals surface area contributed by atoms with Gasteiger partial charge in [-0.1, -0.05) is 38.3 Å². The van der Waals surface area contributed by atoms with Gasteiger partial charge in [0.2, 0.25) is 0 Å². The summed E-state index contributed by atoms with van der Waals surface area (Å²) in [5.74, 6) is -1.03. The Morgan fingerprint density at radius 3 is 2.52 bits per heavy atom. The molecule has 0 bridgehead atoms. The lowest BCUT2D eigenvalue weighted by Crippen LogP contribution is -2.20. The van der Waals surface area contributed by atoms with Crippen LogP contribution in [0.5, 0.6) is 5.75 Å². The van der Waals surface area contributed by atoms with E-state index < -0.39 is 18.5 Å². The summed E-state index contributed by atoms with van der Waals surface area (Å²) in [6, 6.07) is 6.35. The van der Waals surface area contributed by atoms with Crippen LogP contribution in [0.2, 0.25) is 0 Å². The highest BCUT2D eigenvalue weighted by Gasteiger charge is 2.10. The lowest BCUT2D eigenvalue weighted by atomic mass is 10.2. The third-order valence-corrected chi connectivity index (χ3v) is 2.97. The molecule has 1 aromatic rings. The summed E-state index contributed by atoms with van der Waals surface area (Å²) in [5.41, 5.74) is 0.271. The summed E-state index contributed by atoms with van der Waals surface area (Å²) in [6.07, 6.45) is 4.67. The molecule has 1 rings (SSSR count). The molecule has 126 valence electrons. The molecule has 6 heteroatoms. The minimum atomic E-state index is -0.685. The van der Waals surface area contributed by atoms with E-state index in [9.17, 15) is 14.4 Å². The molecule has 0 saturated heterocycles. The van der Waals surface area contributed by atoms with E-state index in [2.05, 4.69) is 6.92 Å². The molecule has 0 N–H and O–H groups in total. The molecule has 0 saturated carbocycles. The van der Waals surface area contributed by atoms with Crippen molar-refractivity contribution >= 4 is 18.2 Å². The average Bonchev–Trinajstić information content (AvgIpc) is 2.55. The van der Waals surface area contributed by atoms with Crippen LogP contribution >= 0.6 is 0 Å². The van der Waals surface area contributed by atoms with Crippen molar-refractivity contribution in [3.8, 4) is 5.75 Å². The summed E-state index contributed by atoms with van der Waals surface area (Å²) < 4.78 is 14.9. The predicted octanol–water partition coefficient (Wildman–Crippen LogP) is 2.54. The van der Waals surface area contributed by atoms with Gasteiger partial charge in [0, 0.05) is 0 Å². The van der Waals surface area contributed by atoms with Gasteiger partial charge in [-0.15, -0.1) is 0 Å². The lowest BCUT2D eigenvalue weighted by Gasteiger charge is -2.07. The quantitative estimate of drug-likeness (QED) is 0.270. The van der Waals surface area contributed by atoms with Gasteiger partial charge in [-0.25, -0.2) is 9.59 Å². The van der Waals surface area contributed by atoms with Crippen molar-refractivity contribution in [2.45, 2.75) is 32.6 Å². The number of ether oxygens (including phenoxy) is 3. The van der Waals surface area contributed by atoms with Crippen LogP contribution in [0.4, 0.5) is 0 Å². The second-order valence-corrected chi connectivity index (χ2v) is 4.90. The summed E-state index contributed by atoms with van der Waals surface area (Å²) in [6.45, 7) is 1.77. The molecule has 23 heavy (non-hydrogen) atoms. The Balaban J connectivity index is 2.18. The first kappa shape index (κ1) is 18.8. The van der Waals surface area contributed by atoms with Crippen LogP contribution in [0.15, 0.2) is 24.3 Å². The number of aldehydes is 1. The summed E-state index contributed by atoms with van der Waals surface area (Å²) in [7, 11) is 0. The molecule has 0 aliphatic heterocycles. The fourth-order valence-corrected chi connectivity index (χ4v) is 1.80. The molecule has 0 unspecified atom stereocenters. The molecule has 0 aliphatic rings. The summed E-state index contributed by atoms with van der Waals surface area (Å²) >= 11 is 0. The van der Waals surface area contributed by atoms with E-state index in [-0.39, 0.29) is 17.9 Å². The smallest absolute Gasteiger partial charge is 0.337 e. The third-order valence-electron chi connectivity index (χ3n) is 2.97. The van der Waals surface area contributed by atoms with Crippen molar-refractivity contribution in [2.24, 2.45) is 0 Å². The number of hydrogen-bond donors (Lipinski definition) is 0. The van der Waals surface area contributed by atoms with Crippen molar-refractivity contribution in [3.63, 3.8) is 0 Å². The highest BCUT2D eigenvalue weighted by atomic mass is 16.6. The highest BCUT2D eigenvalue weighted by Crippen LogP contribution is 2.15. The largest absolute Gasteiger partial charge is 0.464 e. The molecule has 0 aliphatic carbocycles. The Morgan fingerprint density at radius 1 is 1.04 bits per heavy atom. The second-order valence-electron chi connectivity index (χ2n) is 4.90. The number of benzene rings is 1. The minimum absolute atomic E-state index is 0.162. The highest BCUT2D eigenvalue weighted by molar-refractivity contribution is 5.82. The van der Waals surface area contributed by atoms with Gasteiger partial charge < -0.3 is 14.2 Å². The molecule has 0 aromatic heterocycles. The second kappa shape index (κ2) is 11.4. The van der Waals surface area contributed by atoms with Crippen LogP contribution in [0.3, 0.4) is 0 Å². The van der Waals surface area contributed by atoms with Gasteiger partial charge in [-0.05, 0) is 18.6 Å². The van der Waals surface area contributed by atoms with Crippen LogP contribution in [-0.4, -0.2) is 38.0 Å². The number of esters is 2. The van der Waals surface area contributed by atoms with Crippen LogP contribution in [-0.2, 0) is 19.1 Å². The normalized spacial score (nSPS) is 10.1. The first-order chi connectivity index (χ1) is 11.2. The van der Waals surface area contributed by atoms with E-state index in [4.69, 9.17) is 14.2 Å². The van der Waals surface area contributed by atoms with Gasteiger partial charge >= 0.3 is 11.9 Å². The SMILES string of the molecule is CCCCCCOC(=O)COCC(=O)Oc1ccccc1C=O. The van der Waals surface area contributed by atoms with Gasteiger partial charge in [-0.3, -0.25) is 4.79 Å². The first-order valence-corrected chi connectivity index (χ1v) is 7.65. The van der Waals surface area contributed by atoms with Crippen LogP contribution in [0.25, 0.3) is 0 Å². The number of carbonyl (C=O) groups is 3. The van der Waals surface area contributed by atoms with E-state index in [0.29, 0.717) is 12.9 Å². The summed E-state index contributed by atoms with van der Waals surface area (Å²) in [4.78, 5) is 33.7. The van der Waals surface area contributed by atoms with Gasteiger partial charge in [0.05, 0.1) is 12.2 Å². The van der Waals surface area contributed by atoms with E-state index in [1.807, 2.05) is 0 Å². The molecule has 0 spiro atoms. The van der Waals surface area contributed by atoms with Crippen molar-refractivity contribution in [2.75, 3.05) is 19.8 Å². The standard InChI is InChI=1S/C17H22O6/c1-2-3-4-7-10-22-16(19)12-21-13-17(20)23-15-9-6-5-8-14(15)11-18/h5-6,8-9,11H,2-4,7,10,12-13H2,1H3. The molecular weight excluding hydrogens is 300 g/mol. The number of rotatable bonds is 11. The zero-order chi connectivity index (χ0) is 16.9. The number of carbonyl (C=O) groups excluding carboxylic acids is 3. The Hall–Kier alpha value is -2.21. The molecule has 6 nitrogen and oxygen atoms in total. The molecule has 0 amide bonds. The Bertz CT molecular complexity index is 512.